The number of Topliss-reactive ketones (excluding diaryl/α,β-unsaturated/α-hetero) is 1. The van der Waals surface area contributed by atoms with Crippen LogP contribution in [0.3, 0.4) is 0 Å². The summed E-state index contributed by atoms with van der Waals surface area (Å²) in [6.07, 6.45) is 0.485. The van der Waals surface area contributed by atoms with E-state index in [4.69, 9.17) is 0 Å². The number of β-amino-alcohol motifs (C(OH)–C–C–N with tert-alkyl or cyclic N) is 1. The molecule has 0 radical (unpaired) electrons. The van der Waals surface area contributed by atoms with Crippen molar-refractivity contribution in [3.8, 4) is 0 Å². The van der Waals surface area contributed by atoms with Gasteiger partial charge in [0.15, 0.2) is 5.78 Å². The summed E-state index contributed by atoms with van der Waals surface area (Å²) >= 11 is 3.55. The Kier molecular flexibility index (Phi) is 4.83. The summed E-state index contributed by atoms with van der Waals surface area (Å²) in [6, 6.07) is 5.95. The molecule has 1 aromatic rings. The Bertz CT molecular complexity index is 505. The third kappa shape index (κ3) is 3.40. The van der Waals surface area contributed by atoms with Crippen LogP contribution in [-0.2, 0) is 0 Å². The molecule has 2 unspecified atom stereocenters. The van der Waals surface area contributed by atoms with Gasteiger partial charge in [-0.3, -0.25) is 4.79 Å². The van der Waals surface area contributed by atoms with E-state index in [9.17, 15) is 9.90 Å². The third-order valence-electron chi connectivity index (χ3n) is 3.63. The quantitative estimate of drug-likeness (QED) is 0.853. The molecule has 1 aliphatic heterocycles. The Balaban J connectivity index is 2.27. The summed E-state index contributed by atoms with van der Waals surface area (Å²) in [5.41, 5.74) is 1.74. The molecule has 20 heavy (non-hydrogen) atoms. The van der Waals surface area contributed by atoms with Crippen LogP contribution in [0.2, 0.25) is 0 Å². The van der Waals surface area contributed by atoms with Crippen LogP contribution >= 0.6 is 15.9 Å². The van der Waals surface area contributed by atoms with Crippen molar-refractivity contribution in [1.82, 2.24) is 4.90 Å². The van der Waals surface area contributed by atoms with Gasteiger partial charge in [-0.2, -0.15) is 0 Å². The van der Waals surface area contributed by atoms with Gasteiger partial charge in [0.2, 0.25) is 0 Å². The Morgan fingerprint density at radius 1 is 1.50 bits per heavy atom. The second-order valence-corrected chi connectivity index (χ2v) is 6.53. The molecule has 2 rings (SSSR count). The molecule has 1 heterocycles. The summed E-state index contributed by atoms with van der Waals surface area (Å²) in [4.78, 5) is 15.8. The van der Waals surface area contributed by atoms with Gasteiger partial charge in [-0.15, -0.1) is 0 Å². The lowest BCUT2D eigenvalue weighted by Crippen LogP contribution is -2.37. The number of hydrogen-bond acceptors (Lipinski definition) is 4. The molecular weight excluding hydrogens is 320 g/mol. The highest BCUT2D eigenvalue weighted by Crippen LogP contribution is 2.33. The highest BCUT2D eigenvalue weighted by atomic mass is 79.9. The van der Waals surface area contributed by atoms with E-state index in [-0.39, 0.29) is 11.9 Å². The first-order valence-corrected chi connectivity index (χ1v) is 7.57. The van der Waals surface area contributed by atoms with Gasteiger partial charge < -0.3 is 14.9 Å². The molecule has 4 nitrogen and oxygen atoms in total. The Labute approximate surface area is 128 Å². The zero-order valence-corrected chi connectivity index (χ0v) is 13.7. The molecule has 110 valence electrons. The minimum absolute atomic E-state index is 0.0588. The number of carbonyl (C=O) groups excluding carboxylic acids is 1. The van der Waals surface area contributed by atoms with Gasteiger partial charge in [-0.1, -0.05) is 0 Å². The van der Waals surface area contributed by atoms with Crippen LogP contribution in [0.15, 0.2) is 22.7 Å². The second-order valence-electron chi connectivity index (χ2n) is 5.68. The highest BCUT2D eigenvalue weighted by molar-refractivity contribution is 9.10. The van der Waals surface area contributed by atoms with Crippen molar-refractivity contribution in [2.45, 2.75) is 25.5 Å². The summed E-state index contributed by atoms with van der Waals surface area (Å²) in [7, 11) is 4.08. The average Bonchev–Trinajstić information content (AvgIpc) is 2.68. The first kappa shape index (κ1) is 15.5. The molecule has 5 heteroatoms. The largest absolute Gasteiger partial charge is 0.391 e. The molecule has 1 fully saturated rings. The van der Waals surface area contributed by atoms with Gasteiger partial charge in [0, 0.05) is 29.2 Å². The Hall–Kier alpha value is -0.910. The van der Waals surface area contributed by atoms with Crippen molar-refractivity contribution in [1.29, 1.82) is 0 Å². The van der Waals surface area contributed by atoms with Crippen molar-refractivity contribution >= 4 is 27.4 Å². The van der Waals surface area contributed by atoms with Crippen LogP contribution < -0.4 is 4.90 Å². The lowest BCUT2D eigenvalue weighted by molar-refractivity contribution is 0.101. The summed E-state index contributed by atoms with van der Waals surface area (Å²) < 4.78 is 0.906. The number of nitrogens with zero attached hydrogens (tertiary/aromatic N) is 2. The van der Waals surface area contributed by atoms with Crippen molar-refractivity contribution < 1.29 is 9.90 Å². The Morgan fingerprint density at radius 2 is 2.20 bits per heavy atom. The lowest BCUT2D eigenvalue weighted by atomic mass is 10.1. The Morgan fingerprint density at radius 3 is 2.75 bits per heavy atom. The molecule has 1 saturated heterocycles. The lowest BCUT2D eigenvalue weighted by Gasteiger charge is -2.29. The van der Waals surface area contributed by atoms with Gasteiger partial charge in [-0.05, 0) is 61.6 Å². The highest BCUT2D eigenvalue weighted by Gasteiger charge is 2.32. The van der Waals surface area contributed by atoms with Crippen LogP contribution in [0, 0.1) is 0 Å². The molecule has 0 bridgehead atoms. The number of likely N-dealkylation sites (N-methyl/N-ethyl adjacent to an activating group) is 1. The average molecular weight is 341 g/mol. The van der Waals surface area contributed by atoms with Gasteiger partial charge in [0.05, 0.1) is 11.8 Å². The maximum Gasteiger partial charge on any atom is 0.159 e. The molecule has 0 aliphatic carbocycles. The van der Waals surface area contributed by atoms with Crippen molar-refractivity contribution in [2.75, 3.05) is 32.1 Å². The predicted molar refractivity (Wildman–Crippen MR) is 84.5 cm³/mol. The van der Waals surface area contributed by atoms with Crippen LogP contribution in [0.1, 0.15) is 23.7 Å². The van der Waals surface area contributed by atoms with E-state index >= 15 is 0 Å². The maximum absolute atomic E-state index is 11.4. The zero-order chi connectivity index (χ0) is 14.9. The molecule has 0 spiro atoms. The van der Waals surface area contributed by atoms with E-state index in [0.29, 0.717) is 18.2 Å². The first-order chi connectivity index (χ1) is 9.38. The van der Waals surface area contributed by atoms with E-state index in [2.05, 4.69) is 25.7 Å². The molecule has 1 aliphatic rings. The zero-order valence-electron chi connectivity index (χ0n) is 12.1. The van der Waals surface area contributed by atoms with Crippen LogP contribution in [0.25, 0.3) is 0 Å². The third-order valence-corrected chi connectivity index (χ3v) is 4.27. The number of rotatable bonds is 4. The van der Waals surface area contributed by atoms with E-state index in [1.807, 2.05) is 32.3 Å². The van der Waals surface area contributed by atoms with Gasteiger partial charge in [0.1, 0.15) is 0 Å². The van der Waals surface area contributed by atoms with E-state index in [1.165, 1.54) is 0 Å². The number of halogens is 1. The van der Waals surface area contributed by atoms with Crippen LogP contribution in [0.4, 0.5) is 5.69 Å². The summed E-state index contributed by atoms with van der Waals surface area (Å²) in [6.45, 7) is 3.10. The first-order valence-electron chi connectivity index (χ1n) is 6.78. The minimum Gasteiger partial charge on any atom is -0.391 e. The van der Waals surface area contributed by atoms with E-state index in [0.717, 1.165) is 23.1 Å². The van der Waals surface area contributed by atoms with E-state index < -0.39 is 0 Å². The topological polar surface area (TPSA) is 43.8 Å². The molecule has 0 saturated carbocycles. The fourth-order valence-electron chi connectivity index (χ4n) is 2.74. The number of carbonyl (C=O) groups is 1. The molecule has 2 atom stereocenters. The van der Waals surface area contributed by atoms with Crippen LogP contribution in [-0.4, -0.2) is 55.1 Å². The van der Waals surface area contributed by atoms with Gasteiger partial charge in [0.25, 0.3) is 0 Å². The monoisotopic (exact) mass is 340 g/mol. The maximum atomic E-state index is 11.4. The number of hydrogen-bond donors (Lipinski definition) is 1. The SMILES string of the molecule is CC(=O)c1ccc(N2CC(O)CC2CN(C)C)c(Br)c1. The van der Waals surface area contributed by atoms with Crippen LogP contribution in [0.5, 0.6) is 0 Å². The number of aliphatic hydroxyl groups is 1. The number of benzene rings is 1. The molecule has 1 aromatic carbocycles. The number of aliphatic hydroxyl groups excluding tert-OH is 1. The van der Waals surface area contributed by atoms with Gasteiger partial charge in [-0.25, -0.2) is 0 Å². The number of ketones is 1. The molecule has 0 aromatic heterocycles. The predicted octanol–water partition coefficient (Wildman–Crippen LogP) is 2.15. The number of anilines is 1. The minimum atomic E-state index is -0.292. The smallest absolute Gasteiger partial charge is 0.159 e. The van der Waals surface area contributed by atoms with Gasteiger partial charge >= 0.3 is 0 Å². The fourth-order valence-corrected chi connectivity index (χ4v) is 3.35. The summed E-state index contributed by atoms with van der Waals surface area (Å²) in [5.74, 6) is 0.0588. The normalized spacial score (nSPS) is 22.6. The van der Waals surface area contributed by atoms with Crippen molar-refractivity contribution in [3.63, 3.8) is 0 Å². The molecular formula is C15H21BrN2O2. The standard InChI is InChI=1S/C15H21BrN2O2/c1-10(19)11-4-5-15(14(16)6-11)18-9-13(20)7-12(18)8-17(2)3/h4-6,12-13,20H,7-9H2,1-3H3. The second kappa shape index (κ2) is 6.24. The van der Waals surface area contributed by atoms with Crippen molar-refractivity contribution in [2.24, 2.45) is 0 Å². The van der Waals surface area contributed by atoms with Crippen molar-refractivity contribution in [3.05, 3.63) is 28.2 Å². The molecule has 0 amide bonds. The van der Waals surface area contributed by atoms with E-state index in [1.54, 1.807) is 6.92 Å². The summed E-state index contributed by atoms with van der Waals surface area (Å²) in [5, 5.41) is 9.95. The fraction of sp³-hybridized carbons (Fsp3) is 0.533. The molecule has 1 N–H and O–H groups in total.